The summed E-state index contributed by atoms with van der Waals surface area (Å²) in [5.74, 6) is 0.287. The van der Waals surface area contributed by atoms with Crippen molar-refractivity contribution in [3.05, 3.63) is 35.4 Å². The lowest BCUT2D eigenvalue weighted by atomic mass is 10.1. The Bertz CT molecular complexity index is 482. The van der Waals surface area contributed by atoms with Crippen molar-refractivity contribution in [1.29, 1.82) is 0 Å². The van der Waals surface area contributed by atoms with Gasteiger partial charge in [0, 0.05) is 13.1 Å². The van der Waals surface area contributed by atoms with Gasteiger partial charge in [0.15, 0.2) is 5.96 Å². The number of piperidine rings is 1. The Morgan fingerprint density at radius 3 is 2.43 bits per heavy atom. The number of nitrogens with zero attached hydrogens (tertiary/aromatic N) is 2. The highest BCUT2D eigenvalue weighted by atomic mass is 127. The number of halogens is 1. The SMILES string of the molecule is COC(=O)c1ccc(CN=C(N)N2CCCCC2)cc1.I. The van der Waals surface area contributed by atoms with Gasteiger partial charge in [-0.15, -0.1) is 24.0 Å². The Morgan fingerprint density at radius 2 is 1.86 bits per heavy atom. The number of likely N-dealkylation sites (tertiary alicyclic amines) is 1. The summed E-state index contributed by atoms with van der Waals surface area (Å²) in [6.45, 7) is 2.52. The fourth-order valence-corrected chi connectivity index (χ4v) is 2.26. The van der Waals surface area contributed by atoms with E-state index in [1.165, 1.54) is 26.4 Å². The van der Waals surface area contributed by atoms with Gasteiger partial charge in [-0.1, -0.05) is 12.1 Å². The molecule has 1 saturated heterocycles. The number of nitrogens with two attached hydrogens (primary N) is 1. The summed E-state index contributed by atoms with van der Waals surface area (Å²) in [5.41, 5.74) is 7.57. The maximum Gasteiger partial charge on any atom is 0.337 e. The third-order valence-corrected chi connectivity index (χ3v) is 3.48. The summed E-state index contributed by atoms with van der Waals surface area (Å²) >= 11 is 0. The van der Waals surface area contributed by atoms with Gasteiger partial charge in [0.1, 0.15) is 0 Å². The second kappa shape index (κ2) is 8.86. The van der Waals surface area contributed by atoms with Crippen LogP contribution in [0.15, 0.2) is 29.3 Å². The number of hydrogen-bond acceptors (Lipinski definition) is 3. The molecule has 6 heteroatoms. The Kier molecular flexibility index (Phi) is 7.49. The molecule has 0 spiro atoms. The molecule has 0 aromatic heterocycles. The maximum absolute atomic E-state index is 11.3. The Labute approximate surface area is 142 Å². The molecule has 0 atom stereocenters. The zero-order valence-electron chi connectivity index (χ0n) is 12.2. The van der Waals surface area contributed by atoms with Crippen molar-refractivity contribution in [2.45, 2.75) is 25.8 Å². The number of hydrogen-bond donors (Lipinski definition) is 1. The van der Waals surface area contributed by atoms with E-state index in [0.717, 1.165) is 18.7 Å². The maximum atomic E-state index is 11.3. The first-order valence-corrected chi connectivity index (χ1v) is 6.93. The number of ether oxygens (including phenoxy) is 1. The predicted octanol–water partition coefficient (Wildman–Crippen LogP) is 2.39. The highest BCUT2D eigenvalue weighted by Crippen LogP contribution is 2.10. The molecule has 1 aromatic carbocycles. The van der Waals surface area contributed by atoms with E-state index in [1.54, 1.807) is 12.1 Å². The average molecular weight is 403 g/mol. The summed E-state index contributed by atoms with van der Waals surface area (Å²) in [6.07, 6.45) is 3.65. The first-order valence-electron chi connectivity index (χ1n) is 6.93. The average Bonchev–Trinajstić information content (AvgIpc) is 2.53. The molecule has 0 radical (unpaired) electrons. The van der Waals surface area contributed by atoms with Crippen LogP contribution in [0.4, 0.5) is 0 Å². The first kappa shape index (κ1) is 17.7. The van der Waals surface area contributed by atoms with Gasteiger partial charge in [-0.05, 0) is 37.0 Å². The minimum atomic E-state index is -0.326. The van der Waals surface area contributed by atoms with E-state index in [2.05, 4.69) is 14.6 Å². The van der Waals surface area contributed by atoms with Crippen LogP contribution in [-0.4, -0.2) is 37.0 Å². The molecule has 0 bridgehead atoms. The highest BCUT2D eigenvalue weighted by Gasteiger charge is 2.11. The monoisotopic (exact) mass is 403 g/mol. The van der Waals surface area contributed by atoms with Gasteiger partial charge in [-0.2, -0.15) is 0 Å². The summed E-state index contributed by atoms with van der Waals surface area (Å²) in [5, 5.41) is 0. The summed E-state index contributed by atoms with van der Waals surface area (Å²) in [7, 11) is 1.37. The quantitative estimate of drug-likeness (QED) is 0.364. The van der Waals surface area contributed by atoms with Gasteiger partial charge in [-0.25, -0.2) is 9.79 Å². The van der Waals surface area contributed by atoms with Crippen LogP contribution in [0.25, 0.3) is 0 Å². The zero-order chi connectivity index (χ0) is 14.4. The van der Waals surface area contributed by atoms with E-state index in [1.807, 2.05) is 12.1 Å². The number of guanidine groups is 1. The van der Waals surface area contributed by atoms with Crippen molar-refractivity contribution in [3.8, 4) is 0 Å². The normalized spacial score (nSPS) is 15.3. The number of rotatable bonds is 3. The topological polar surface area (TPSA) is 67.9 Å². The van der Waals surface area contributed by atoms with E-state index in [-0.39, 0.29) is 29.9 Å². The Balaban J connectivity index is 0.00000220. The molecule has 1 aliphatic rings. The molecular formula is C15H22IN3O2. The molecule has 1 heterocycles. The fraction of sp³-hybridized carbons (Fsp3) is 0.467. The molecule has 21 heavy (non-hydrogen) atoms. The third-order valence-electron chi connectivity index (χ3n) is 3.48. The number of esters is 1. The van der Waals surface area contributed by atoms with E-state index >= 15 is 0 Å². The lowest BCUT2D eigenvalue weighted by Crippen LogP contribution is -2.40. The molecule has 2 N–H and O–H groups in total. The largest absolute Gasteiger partial charge is 0.465 e. The molecule has 0 amide bonds. The first-order chi connectivity index (χ1) is 9.70. The van der Waals surface area contributed by atoms with Crippen molar-refractivity contribution < 1.29 is 9.53 Å². The summed E-state index contributed by atoms with van der Waals surface area (Å²) in [6, 6.07) is 7.24. The molecule has 5 nitrogen and oxygen atoms in total. The van der Waals surface area contributed by atoms with Crippen molar-refractivity contribution in [1.82, 2.24) is 4.90 Å². The fourth-order valence-electron chi connectivity index (χ4n) is 2.26. The number of carbonyl (C=O) groups is 1. The van der Waals surface area contributed by atoms with Gasteiger partial charge < -0.3 is 15.4 Å². The Hall–Kier alpha value is -1.31. The van der Waals surface area contributed by atoms with Gasteiger partial charge >= 0.3 is 5.97 Å². The van der Waals surface area contributed by atoms with E-state index in [4.69, 9.17) is 5.73 Å². The van der Waals surface area contributed by atoms with Crippen molar-refractivity contribution in [3.63, 3.8) is 0 Å². The summed E-state index contributed by atoms with van der Waals surface area (Å²) < 4.78 is 4.66. The number of methoxy groups -OCH3 is 1. The molecule has 116 valence electrons. The van der Waals surface area contributed by atoms with Crippen molar-refractivity contribution in [2.24, 2.45) is 10.7 Å². The van der Waals surface area contributed by atoms with Gasteiger partial charge in [0.25, 0.3) is 0 Å². The smallest absolute Gasteiger partial charge is 0.337 e. The van der Waals surface area contributed by atoms with Crippen LogP contribution >= 0.6 is 24.0 Å². The van der Waals surface area contributed by atoms with E-state index in [9.17, 15) is 4.79 Å². The molecule has 0 unspecified atom stereocenters. The molecule has 0 aliphatic carbocycles. The van der Waals surface area contributed by atoms with E-state index < -0.39 is 0 Å². The summed E-state index contributed by atoms with van der Waals surface area (Å²) in [4.78, 5) is 17.9. The number of carbonyl (C=O) groups excluding carboxylic acids is 1. The van der Waals surface area contributed by atoms with Crippen molar-refractivity contribution in [2.75, 3.05) is 20.2 Å². The van der Waals surface area contributed by atoms with Gasteiger partial charge in [0.05, 0.1) is 19.2 Å². The predicted molar refractivity (Wildman–Crippen MR) is 93.9 cm³/mol. The minimum absolute atomic E-state index is 0. The molecular weight excluding hydrogens is 381 g/mol. The zero-order valence-corrected chi connectivity index (χ0v) is 14.6. The van der Waals surface area contributed by atoms with Gasteiger partial charge in [-0.3, -0.25) is 0 Å². The van der Waals surface area contributed by atoms with Gasteiger partial charge in [0.2, 0.25) is 0 Å². The standard InChI is InChI=1S/C15H21N3O2.HI/c1-20-14(19)13-7-5-12(6-8-13)11-17-15(16)18-9-3-2-4-10-18;/h5-8H,2-4,9-11H2,1H3,(H2,16,17);1H. The van der Waals surface area contributed by atoms with Crippen molar-refractivity contribution >= 4 is 35.9 Å². The molecule has 0 saturated carbocycles. The van der Waals surface area contributed by atoms with Crippen LogP contribution in [0, 0.1) is 0 Å². The second-order valence-electron chi connectivity index (χ2n) is 4.91. The van der Waals surface area contributed by atoms with Crippen LogP contribution in [0.3, 0.4) is 0 Å². The van der Waals surface area contributed by atoms with Crippen LogP contribution in [-0.2, 0) is 11.3 Å². The third kappa shape index (κ3) is 5.18. The van der Waals surface area contributed by atoms with Crippen LogP contribution in [0.1, 0.15) is 35.2 Å². The lowest BCUT2D eigenvalue weighted by Gasteiger charge is -2.27. The van der Waals surface area contributed by atoms with Crippen LogP contribution in [0.5, 0.6) is 0 Å². The van der Waals surface area contributed by atoms with Crippen LogP contribution in [0.2, 0.25) is 0 Å². The number of benzene rings is 1. The highest BCUT2D eigenvalue weighted by molar-refractivity contribution is 14.0. The second-order valence-corrected chi connectivity index (χ2v) is 4.91. The lowest BCUT2D eigenvalue weighted by molar-refractivity contribution is 0.0600. The van der Waals surface area contributed by atoms with E-state index in [0.29, 0.717) is 18.1 Å². The Morgan fingerprint density at radius 1 is 1.24 bits per heavy atom. The molecule has 2 rings (SSSR count). The minimum Gasteiger partial charge on any atom is -0.465 e. The van der Waals surface area contributed by atoms with Crippen LogP contribution < -0.4 is 5.73 Å². The molecule has 1 aliphatic heterocycles. The number of aliphatic imine (C=N–C) groups is 1. The molecule has 1 fully saturated rings. The molecule has 1 aromatic rings.